The number of nitrogens with zero attached hydrogens (tertiary/aromatic N) is 6. The molecule has 0 saturated heterocycles. The molecule has 1 amide bonds. The van der Waals surface area contributed by atoms with Crippen molar-refractivity contribution in [3.63, 3.8) is 0 Å². The number of allylic oxidation sites excluding steroid dienone is 1. The zero-order valence-corrected chi connectivity index (χ0v) is 15.7. The first-order valence-electron chi connectivity index (χ1n) is 9.18. The molecule has 0 aromatic carbocycles. The fourth-order valence-electron chi connectivity index (χ4n) is 3.97. The minimum absolute atomic E-state index is 0.0778. The quantitative estimate of drug-likeness (QED) is 0.821. The van der Waals surface area contributed by atoms with Gasteiger partial charge in [-0.25, -0.2) is 9.67 Å². The van der Waals surface area contributed by atoms with Crippen molar-refractivity contribution in [2.45, 2.75) is 39.7 Å². The van der Waals surface area contributed by atoms with Crippen molar-refractivity contribution in [1.82, 2.24) is 19.7 Å². The molecule has 138 valence electrons. The normalized spacial score (nSPS) is 15.7. The number of fused-ring (bicyclic) bond motifs is 2. The Morgan fingerprint density at radius 3 is 2.81 bits per heavy atom. The van der Waals surface area contributed by atoms with Gasteiger partial charge >= 0.3 is 0 Å². The molecule has 27 heavy (non-hydrogen) atoms. The first-order chi connectivity index (χ1) is 13.0. The van der Waals surface area contributed by atoms with Gasteiger partial charge < -0.3 is 9.80 Å². The number of amides is 1. The summed E-state index contributed by atoms with van der Waals surface area (Å²) in [4.78, 5) is 20.2. The smallest absolute Gasteiger partial charge is 0.219 e. The van der Waals surface area contributed by atoms with Crippen molar-refractivity contribution in [3.8, 4) is 6.07 Å². The van der Waals surface area contributed by atoms with E-state index >= 15 is 0 Å². The van der Waals surface area contributed by atoms with Crippen molar-refractivity contribution in [2.75, 3.05) is 18.0 Å². The van der Waals surface area contributed by atoms with Gasteiger partial charge in [0.15, 0.2) is 5.82 Å². The van der Waals surface area contributed by atoms with Crippen LogP contribution in [-0.4, -0.2) is 38.7 Å². The maximum absolute atomic E-state index is 11.9. The molecule has 0 fully saturated rings. The van der Waals surface area contributed by atoms with E-state index in [0.29, 0.717) is 18.8 Å². The van der Waals surface area contributed by atoms with Gasteiger partial charge in [0.05, 0.1) is 24.1 Å². The molecule has 0 unspecified atom stereocenters. The van der Waals surface area contributed by atoms with Crippen LogP contribution in [0.2, 0.25) is 0 Å². The van der Waals surface area contributed by atoms with Gasteiger partial charge in [-0.1, -0.05) is 6.58 Å². The van der Waals surface area contributed by atoms with E-state index in [1.807, 2.05) is 22.6 Å². The Morgan fingerprint density at radius 2 is 2.11 bits per heavy atom. The van der Waals surface area contributed by atoms with Crippen LogP contribution in [0.5, 0.6) is 0 Å². The van der Waals surface area contributed by atoms with E-state index in [-0.39, 0.29) is 5.91 Å². The summed E-state index contributed by atoms with van der Waals surface area (Å²) >= 11 is 0. The third kappa shape index (κ3) is 2.87. The summed E-state index contributed by atoms with van der Waals surface area (Å²) in [5, 5.41) is 14.0. The Kier molecular flexibility index (Phi) is 4.19. The summed E-state index contributed by atoms with van der Waals surface area (Å²) in [6.45, 7) is 9.71. The Labute approximate surface area is 158 Å². The third-order valence-electron chi connectivity index (χ3n) is 5.30. The van der Waals surface area contributed by atoms with E-state index in [2.05, 4.69) is 22.5 Å². The standard InChI is InChI=1S/C20H22N6O/c1-13(2)26-18-6-8-24(14(3)27)12-17(18)20(23-26)25-7-4-5-15-9-16(10-21)22-11-19(15)25/h9,11H,1,4-8,12H2,2-3H3. The molecule has 2 aliphatic heterocycles. The number of carbonyl (C=O) groups excluding carboxylic acids is 1. The van der Waals surface area contributed by atoms with Crippen molar-refractivity contribution in [2.24, 2.45) is 0 Å². The van der Waals surface area contributed by atoms with Crippen LogP contribution in [0.25, 0.3) is 5.70 Å². The molecule has 0 saturated carbocycles. The first-order valence-corrected chi connectivity index (χ1v) is 9.18. The second-order valence-corrected chi connectivity index (χ2v) is 7.15. The van der Waals surface area contributed by atoms with E-state index < -0.39 is 0 Å². The number of hydrogen-bond donors (Lipinski definition) is 0. The van der Waals surface area contributed by atoms with E-state index in [0.717, 1.165) is 59.8 Å². The van der Waals surface area contributed by atoms with Crippen LogP contribution in [-0.2, 0) is 24.2 Å². The van der Waals surface area contributed by atoms with Gasteiger partial charge in [0.1, 0.15) is 11.8 Å². The number of nitriles is 1. The molecule has 7 heteroatoms. The minimum atomic E-state index is 0.0778. The van der Waals surface area contributed by atoms with Crippen molar-refractivity contribution < 1.29 is 4.79 Å². The number of aryl methyl sites for hydroxylation is 1. The molecule has 2 aromatic heterocycles. The van der Waals surface area contributed by atoms with Crippen molar-refractivity contribution in [3.05, 3.63) is 41.4 Å². The SMILES string of the molecule is C=C(C)n1nc(N2CCCc3cc(C#N)ncc32)c2c1CCN(C(C)=O)C2. The van der Waals surface area contributed by atoms with Crippen LogP contribution in [0.3, 0.4) is 0 Å². The molecule has 0 spiro atoms. The second-order valence-electron chi connectivity index (χ2n) is 7.15. The minimum Gasteiger partial charge on any atom is -0.338 e. The monoisotopic (exact) mass is 362 g/mol. The van der Waals surface area contributed by atoms with Gasteiger partial charge in [0.2, 0.25) is 5.91 Å². The number of pyridine rings is 1. The molecular formula is C20H22N6O. The summed E-state index contributed by atoms with van der Waals surface area (Å²) in [5.74, 6) is 0.945. The lowest BCUT2D eigenvalue weighted by Crippen LogP contribution is -2.35. The summed E-state index contributed by atoms with van der Waals surface area (Å²) in [7, 11) is 0. The number of carbonyl (C=O) groups is 1. The predicted molar refractivity (Wildman–Crippen MR) is 102 cm³/mol. The highest BCUT2D eigenvalue weighted by atomic mass is 16.2. The fourth-order valence-corrected chi connectivity index (χ4v) is 3.97. The Morgan fingerprint density at radius 1 is 1.30 bits per heavy atom. The zero-order valence-electron chi connectivity index (χ0n) is 15.7. The van der Waals surface area contributed by atoms with Crippen LogP contribution in [0.1, 0.15) is 42.8 Å². The van der Waals surface area contributed by atoms with Gasteiger partial charge in [-0.2, -0.15) is 5.26 Å². The molecule has 2 aliphatic rings. The molecule has 0 radical (unpaired) electrons. The van der Waals surface area contributed by atoms with E-state index in [4.69, 9.17) is 10.4 Å². The summed E-state index contributed by atoms with van der Waals surface area (Å²) in [6.07, 6.45) is 4.44. The number of anilines is 2. The van der Waals surface area contributed by atoms with Crippen LogP contribution in [0, 0.1) is 11.3 Å². The number of aromatic nitrogens is 3. The van der Waals surface area contributed by atoms with Gasteiger partial charge in [0, 0.05) is 37.7 Å². The largest absolute Gasteiger partial charge is 0.338 e. The molecule has 0 bridgehead atoms. The van der Waals surface area contributed by atoms with Gasteiger partial charge in [-0.15, -0.1) is 5.10 Å². The number of rotatable bonds is 2. The lowest BCUT2D eigenvalue weighted by atomic mass is 10.0. The van der Waals surface area contributed by atoms with Crippen molar-refractivity contribution >= 4 is 23.1 Å². The molecule has 2 aromatic rings. The van der Waals surface area contributed by atoms with Gasteiger partial charge in [-0.05, 0) is 31.4 Å². The second kappa shape index (κ2) is 6.54. The molecule has 7 nitrogen and oxygen atoms in total. The summed E-state index contributed by atoms with van der Waals surface area (Å²) in [5.41, 5.74) is 5.62. The van der Waals surface area contributed by atoms with Gasteiger partial charge in [-0.3, -0.25) is 4.79 Å². The predicted octanol–water partition coefficient (Wildman–Crippen LogP) is 2.63. The van der Waals surface area contributed by atoms with Gasteiger partial charge in [0.25, 0.3) is 0 Å². The molecule has 0 aliphatic carbocycles. The number of hydrogen-bond acceptors (Lipinski definition) is 5. The molecular weight excluding hydrogens is 340 g/mol. The van der Waals surface area contributed by atoms with Crippen molar-refractivity contribution in [1.29, 1.82) is 5.26 Å². The third-order valence-corrected chi connectivity index (χ3v) is 5.30. The average molecular weight is 362 g/mol. The molecule has 4 heterocycles. The van der Waals surface area contributed by atoms with E-state index in [1.54, 1.807) is 13.1 Å². The highest BCUT2D eigenvalue weighted by Gasteiger charge is 2.31. The molecule has 4 rings (SSSR count). The lowest BCUT2D eigenvalue weighted by molar-refractivity contribution is -0.129. The Bertz CT molecular complexity index is 983. The highest BCUT2D eigenvalue weighted by molar-refractivity contribution is 5.75. The molecule has 0 N–H and O–H groups in total. The zero-order chi connectivity index (χ0) is 19.1. The molecule has 0 atom stereocenters. The van der Waals surface area contributed by atoms with Crippen LogP contribution < -0.4 is 4.90 Å². The van der Waals surface area contributed by atoms with E-state index in [1.165, 1.54) is 0 Å². The Balaban J connectivity index is 1.83. The van der Waals surface area contributed by atoms with Crippen LogP contribution >= 0.6 is 0 Å². The highest BCUT2D eigenvalue weighted by Crippen LogP contribution is 2.38. The maximum atomic E-state index is 11.9. The first kappa shape index (κ1) is 17.3. The average Bonchev–Trinajstić information content (AvgIpc) is 3.06. The summed E-state index contributed by atoms with van der Waals surface area (Å²) < 4.78 is 1.91. The summed E-state index contributed by atoms with van der Waals surface area (Å²) in [6, 6.07) is 3.98. The van der Waals surface area contributed by atoms with E-state index in [9.17, 15) is 4.79 Å². The van der Waals surface area contributed by atoms with Crippen LogP contribution in [0.4, 0.5) is 11.5 Å². The Hall–Kier alpha value is -3.14. The fraction of sp³-hybridized carbons (Fsp3) is 0.400. The topological polar surface area (TPSA) is 78.1 Å². The van der Waals surface area contributed by atoms with Crippen LogP contribution in [0.15, 0.2) is 18.8 Å². The lowest BCUT2D eigenvalue weighted by Gasteiger charge is -2.32. The maximum Gasteiger partial charge on any atom is 0.219 e.